The van der Waals surface area contributed by atoms with Crippen LogP contribution in [0.5, 0.6) is 0 Å². The Balaban J connectivity index is 1.60. The lowest BCUT2D eigenvalue weighted by atomic mass is 9.45. The van der Waals surface area contributed by atoms with Gasteiger partial charge in [0.05, 0.1) is 6.10 Å². The minimum atomic E-state index is -4.50. The molecule has 0 aromatic rings. The lowest BCUT2D eigenvalue weighted by Gasteiger charge is -2.59. The first-order chi connectivity index (χ1) is 12.0. The molecule has 4 aliphatic rings. The van der Waals surface area contributed by atoms with Gasteiger partial charge < -0.3 is 0 Å². The summed E-state index contributed by atoms with van der Waals surface area (Å²) in [4.78, 5) is 25.5. The number of fused-ring (bicyclic) bond motifs is 5. The van der Waals surface area contributed by atoms with Crippen LogP contribution in [0.4, 0.5) is 0 Å². The molecule has 7 heteroatoms. The molecule has 0 aromatic carbocycles. The van der Waals surface area contributed by atoms with Crippen LogP contribution in [0.1, 0.15) is 65.2 Å². The summed E-state index contributed by atoms with van der Waals surface area (Å²) in [5.41, 5.74) is -0.415. The Morgan fingerprint density at radius 3 is 2.50 bits per heavy atom. The van der Waals surface area contributed by atoms with Crippen molar-refractivity contribution in [2.24, 2.45) is 34.5 Å². The van der Waals surface area contributed by atoms with Gasteiger partial charge in [-0.3, -0.25) is 14.1 Å². The molecule has 0 heterocycles. The van der Waals surface area contributed by atoms with E-state index < -0.39 is 16.5 Å². The summed E-state index contributed by atoms with van der Waals surface area (Å²) in [6.07, 6.45) is 4.91. The summed E-state index contributed by atoms with van der Waals surface area (Å²) < 4.78 is 35.9. The number of Topliss-reactive ketones (excluding diaryl/α,β-unsaturated/α-hetero) is 2. The molecule has 0 spiro atoms. The van der Waals surface area contributed by atoms with Crippen LogP contribution in [0.15, 0.2) is 0 Å². The molecule has 0 aliphatic heterocycles. The van der Waals surface area contributed by atoms with Gasteiger partial charge in [0.15, 0.2) is 0 Å². The molecule has 0 bridgehead atoms. The van der Waals surface area contributed by atoms with Crippen molar-refractivity contribution in [1.82, 2.24) is 0 Å². The monoisotopic (exact) mass is 384 g/mol. The Morgan fingerprint density at radius 1 is 1.08 bits per heavy atom. The first-order valence-electron chi connectivity index (χ1n) is 9.76. The molecule has 0 saturated heterocycles. The summed E-state index contributed by atoms with van der Waals surface area (Å²) in [6, 6.07) is 0. The fourth-order valence-electron chi connectivity index (χ4n) is 7.04. The molecule has 1 unspecified atom stereocenters. The zero-order valence-electron chi connectivity index (χ0n) is 15.4. The fraction of sp³-hybridized carbons (Fsp3) is 0.895. The van der Waals surface area contributed by atoms with Gasteiger partial charge in [0, 0.05) is 24.2 Å². The zero-order chi connectivity index (χ0) is 18.9. The summed E-state index contributed by atoms with van der Waals surface area (Å²) >= 11 is 0. The highest BCUT2D eigenvalue weighted by Gasteiger charge is 2.62. The predicted molar refractivity (Wildman–Crippen MR) is 93.5 cm³/mol. The van der Waals surface area contributed by atoms with E-state index in [1.54, 1.807) is 0 Å². The minimum Gasteiger partial charge on any atom is -0.299 e. The summed E-state index contributed by atoms with van der Waals surface area (Å²) in [5, 5.41) is 0. The van der Waals surface area contributed by atoms with Crippen molar-refractivity contribution in [1.29, 1.82) is 0 Å². The molecule has 4 aliphatic carbocycles. The van der Waals surface area contributed by atoms with E-state index in [2.05, 4.69) is 13.8 Å². The van der Waals surface area contributed by atoms with Gasteiger partial charge in [-0.15, -0.1) is 0 Å². The van der Waals surface area contributed by atoms with Gasteiger partial charge in [-0.1, -0.05) is 13.8 Å². The molecule has 4 rings (SSSR count). The van der Waals surface area contributed by atoms with Crippen molar-refractivity contribution in [2.45, 2.75) is 71.3 Å². The summed E-state index contributed by atoms with van der Waals surface area (Å²) in [5.74, 6) is 1.31. The van der Waals surface area contributed by atoms with Crippen LogP contribution >= 0.6 is 0 Å². The Kier molecular flexibility index (Phi) is 4.18. The van der Waals surface area contributed by atoms with Crippen LogP contribution in [0.3, 0.4) is 0 Å². The lowest BCUT2D eigenvalue weighted by Crippen LogP contribution is -2.57. The number of carbonyl (C=O) groups is 2. The Morgan fingerprint density at radius 2 is 1.81 bits per heavy atom. The first kappa shape index (κ1) is 18.6. The quantitative estimate of drug-likeness (QED) is 0.735. The van der Waals surface area contributed by atoms with Crippen molar-refractivity contribution in [3.8, 4) is 0 Å². The Bertz CT molecular complexity index is 745. The van der Waals surface area contributed by atoms with E-state index in [1.165, 1.54) is 0 Å². The van der Waals surface area contributed by atoms with Crippen molar-refractivity contribution < 1.29 is 26.7 Å². The van der Waals surface area contributed by atoms with Crippen molar-refractivity contribution in [2.75, 3.05) is 0 Å². The van der Waals surface area contributed by atoms with Crippen LogP contribution in [0.25, 0.3) is 0 Å². The average Bonchev–Trinajstić information content (AvgIpc) is 2.83. The molecule has 0 aromatic heterocycles. The second-order valence-electron chi connectivity index (χ2n) is 9.44. The van der Waals surface area contributed by atoms with Gasteiger partial charge in [-0.2, -0.15) is 8.42 Å². The van der Waals surface area contributed by atoms with Gasteiger partial charge in [0.1, 0.15) is 11.6 Å². The van der Waals surface area contributed by atoms with E-state index in [-0.39, 0.29) is 28.4 Å². The number of rotatable bonds is 2. The summed E-state index contributed by atoms with van der Waals surface area (Å²) in [7, 11) is -4.50. The Hall–Kier alpha value is -0.790. The van der Waals surface area contributed by atoms with Crippen LogP contribution in [-0.4, -0.2) is 30.6 Å². The van der Waals surface area contributed by atoms with Gasteiger partial charge in [0.2, 0.25) is 0 Å². The standard InChI is InChI=1S/C19H28O6S/c1-18-7-5-11(25-26(22,23)24)9-15(18)16(20)10-12-13-3-4-17(21)19(13,2)8-6-14(12)18/h11-15H,3-10H2,1-2H3,(H,22,23,24)/t11-,12-,13-,14-,15?,18+,19-/m0/s1. The minimum absolute atomic E-state index is 0.161. The smallest absolute Gasteiger partial charge is 0.299 e. The maximum absolute atomic E-state index is 13.0. The van der Waals surface area contributed by atoms with Crippen LogP contribution in [0.2, 0.25) is 0 Å². The number of carbonyl (C=O) groups excluding carboxylic acids is 2. The third kappa shape index (κ3) is 2.69. The van der Waals surface area contributed by atoms with E-state index >= 15 is 0 Å². The van der Waals surface area contributed by atoms with E-state index in [0.717, 1.165) is 25.7 Å². The van der Waals surface area contributed by atoms with Gasteiger partial charge in [-0.05, 0) is 61.7 Å². The summed E-state index contributed by atoms with van der Waals surface area (Å²) in [6.45, 7) is 4.27. The second-order valence-corrected chi connectivity index (χ2v) is 10.5. The lowest BCUT2D eigenvalue weighted by molar-refractivity contribution is -0.159. The molecule has 4 saturated carbocycles. The fourth-order valence-corrected chi connectivity index (χ4v) is 7.55. The van der Waals surface area contributed by atoms with Crippen LogP contribution < -0.4 is 0 Å². The van der Waals surface area contributed by atoms with E-state index in [1.807, 2.05) is 0 Å². The molecule has 146 valence electrons. The highest BCUT2D eigenvalue weighted by molar-refractivity contribution is 7.80. The van der Waals surface area contributed by atoms with E-state index in [0.29, 0.717) is 43.3 Å². The van der Waals surface area contributed by atoms with Crippen molar-refractivity contribution >= 4 is 22.0 Å². The zero-order valence-corrected chi connectivity index (χ0v) is 16.3. The largest absolute Gasteiger partial charge is 0.397 e. The van der Waals surface area contributed by atoms with Gasteiger partial charge in [0.25, 0.3) is 0 Å². The molecule has 4 fully saturated rings. The van der Waals surface area contributed by atoms with Crippen LogP contribution in [0, 0.1) is 34.5 Å². The highest BCUT2D eigenvalue weighted by Crippen LogP contribution is 2.64. The third-order valence-electron chi connectivity index (χ3n) is 8.38. The Labute approximate surface area is 155 Å². The van der Waals surface area contributed by atoms with Crippen LogP contribution in [-0.2, 0) is 24.2 Å². The molecule has 0 amide bonds. The normalized spacial score (nSPS) is 48.7. The maximum atomic E-state index is 13.0. The average molecular weight is 384 g/mol. The topological polar surface area (TPSA) is 97.7 Å². The second kappa shape index (κ2) is 5.85. The number of ketones is 2. The third-order valence-corrected chi connectivity index (χ3v) is 8.89. The molecular weight excluding hydrogens is 356 g/mol. The maximum Gasteiger partial charge on any atom is 0.397 e. The predicted octanol–water partition coefficient (Wildman–Crippen LogP) is 2.97. The van der Waals surface area contributed by atoms with Crippen molar-refractivity contribution in [3.63, 3.8) is 0 Å². The number of hydrogen-bond donors (Lipinski definition) is 1. The van der Waals surface area contributed by atoms with E-state index in [9.17, 15) is 18.0 Å². The van der Waals surface area contributed by atoms with Gasteiger partial charge in [-0.25, -0.2) is 4.18 Å². The SMILES string of the molecule is C[C@]12CC[C@H](OS(=O)(=O)O)CC1C(=O)C[C@@H]1[C@@H]2CC[C@]2(C)C(=O)CC[C@@H]12. The molecule has 26 heavy (non-hydrogen) atoms. The van der Waals surface area contributed by atoms with E-state index in [4.69, 9.17) is 8.74 Å². The molecule has 6 nitrogen and oxygen atoms in total. The van der Waals surface area contributed by atoms with Gasteiger partial charge >= 0.3 is 10.4 Å². The van der Waals surface area contributed by atoms with Crippen molar-refractivity contribution in [3.05, 3.63) is 0 Å². The molecule has 0 radical (unpaired) electrons. The highest BCUT2D eigenvalue weighted by atomic mass is 32.3. The first-order valence-corrected chi connectivity index (χ1v) is 11.1. The molecule has 7 atom stereocenters. The molecule has 1 N–H and O–H groups in total. The molecular formula is C19H28O6S. The number of hydrogen-bond acceptors (Lipinski definition) is 5.